The minimum Gasteiger partial charge on any atom is -0.465 e. The van der Waals surface area contributed by atoms with Crippen LogP contribution in [-0.2, 0) is 4.74 Å². The Balaban J connectivity index is 1.56. The highest BCUT2D eigenvalue weighted by molar-refractivity contribution is 5.83. The van der Waals surface area contributed by atoms with Gasteiger partial charge in [0.25, 0.3) is 0 Å². The number of fused-ring (bicyclic) bond motifs is 1. The fourth-order valence-electron chi connectivity index (χ4n) is 3.22. The zero-order valence-electron chi connectivity index (χ0n) is 15.3. The van der Waals surface area contributed by atoms with Crippen LogP contribution < -0.4 is 9.64 Å². The van der Waals surface area contributed by atoms with Crippen molar-refractivity contribution in [1.82, 2.24) is 4.98 Å². The molecule has 26 heavy (non-hydrogen) atoms. The number of nitrogens with zero attached hydrogens (tertiary/aromatic N) is 2. The summed E-state index contributed by atoms with van der Waals surface area (Å²) in [5.41, 5.74) is 4.25. The Morgan fingerprint density at radius 1 is 1.00 bits per heavy atom. The average molecular weight is 348 g/mol. The van der Waals surface area contributed by atoms with E-state index in [9.17, 15) is 0 Å². The molecule has 1 unspecified atom stereocenters. The van der Waals surface area contributed by atoms with Gasteiger partial charge in [0.1, 0.15) is 5.75 Å². The first kappa shape index (κ1) is 16.9. The van der Waals surface area contributed by atoms with Gasteiger partial charge < -0.3 is 14.4 Å². The minimum atomic E-state index is -0.122. The molecule has 0 N–H and O–H groups in total. The number of aromatic nitrogens is 1. The molecule has 1 saturated heterocycles. The summed E-state index contributed by atoms with van der Waals surface area (Å²) in [5.74, 6) is 0.842. The number of benzene rings is 2. The van der Waals surface area contributed by atoms with Crippen molar-refractivity contribution in [3.63, 3.8) is 0 Å². The topological polar surface area (TPSA) is 34.6 Å². The first-order chi connectivity index (χ1) is 12.7. The van der Waals surface area contributed by atoms with Crippen LogP contribution >= 0.6 is 0 Å². The lowest BCUT2D eigenvalue weighted by Crippen LogP contribution is -2.24. The van der Waals surface area contributed by atoms with E-state index in [-0.39, 0.29) is 6.29 Å². The second kappa shape index (κ2) is 7.34. The molecule has 0 bridgehead atoms. The first-order valence-corrected chi connectivity index (χ1v) is 9.16. The van der Waals surface area contributed by atoms with E-state index in [1.807, 2.05) is 32.3 Å². The Morgan fingerprint density at radius 2 is 1.85 bits per heavy atom. The summed E-state index contributed by atoms with van der Waals surface area (Å²) in [6.45, 7) is 0.787. The van der Waals surface area contributed by atoms with Gasteiger partial charge in [-0.15, -0.1) is 0 Å². The molecule has 4 nitrogen and oxygen atoms in total. The molecule has 0 aliphatic carbocycles. The number of rotatable bonds is 4. The predicted octanol–water partition coefficient (Wildman–Crippen LogP) is 4.87. The van der Waals surface area contributed by atoms with Gasteiger partial charge in [0, 0.05) is 37.2 Å². The third kappa shape index (κ3) is 3.65. The summed E-state index contributed by atoms with van der Waals surface area (Å²) >= 11 is 0. The normalized spacial score (nSPS) is 17.2. The molecule has 4 heteroatoms. The van der Waals surface area contributed by atoms with Crippen molar-refractivity contribution >= 4 is 16.6 Å². The third-order valence-electron chi connectivity index (χ3n) is 4.75. The second-order valence-corrected chi connectivity index (χ2v) is 6.91. The van der Waals surface area contributed by atoms with Crippen LogP contribution in [0.3, 0.4) is 0 Å². The first-order valence-electron chi connectivity index (χ1n) is 9.16. The fraction of sp³-hybridized carbons (Fsp3) is 0.318. The number of hydrogen-bond donors (Lipinski definition) is 0. The maximum absolute atomic E-state index is 5.96. The van der Waals surface area contributed by atoms with E-state index in [1.165, 1.54) is 5.69 Å². The van der Waals surface area contributed by atoms with E-state index in [1.54, 1.807) is 0 Å². The van der Waals surface area contributed by atoms with Crippen molar-refractivity contribution in [2.45, 2.75) is 25.6 Å². The van der Waals surface area contributed by atoms with Crippen LogP contribution in [0.2, 0.25) is 0 Å². The molecule has 2 heterocycles. The average Bonchev–Trinajstić information content (AvgIpc) is 2.68. The van der Waals surface area contributed by atoms with Crippen molar-refractivity contribution in [3.05, 3.63) is 54.6 Å². The Bertz CT molecular complexity index is 884. The van der Waals surface area contributed by atoms with Gasteiger partial charge in [0.15, 0.2) is 6.29 Å². The summed E-state index contributed by atoms with van der Waals surface area (Å²) < 4.78 is 11.6. The van der Waals surface area contributed by atoms with E-state index in [4.69, 9.17) is 14.5 Å². The van der Waals surface area contributed by atoms with E-state index in [0.29, 0.717) is 0 Å². The standard InChI is InChI=1S/C22H24N2O2/c1-24(2)18-9-6-16(7-10-18)20-12-8-17-15-19(11-13-21(17)23-20)26-22-5-3-4-14-25-22/h6-13,15,22H,3-5,14H2,1-2H3. The van der Waals surface area contributed by atoms with Crippen LogP contribution in [0.4, 0.5) is 5.69 Å². The fourth-order valence-corrected chi connectivity index (χ4v) is 3.22. The summed E-state index contributed by atoms with van der Waals surface area (Å²) in [7, 11) is 4.09. The quantitative estimate of drug-likeness (QED) is 0.673. The van der Waals surface area contributed by atoms with Crippen molar-refractivity contribution in [2.24, 2.45) is 0 Å². The smallest absolute Gasteiger partial charge is 0.199 e. The van der Waals surface area contributed by atoms with Gasteiger partial charge in [-0.1, -0.05) is 18.2 Å². The maximum atomic E-state index is 5.96. The summed E-state index contributed by atoms with van der Waals surface area (Å²) in [5, 5.41) is 1.08. The number of hydrogen-bond acceptors (Lipinski definition) is 4. The predicted molar refractivity (Wildman–Crippen MR) is 106 cm³/mol. The molecular weight excluding hydrogens is 324 g/mol. The zero-order valence-corrected chi connectivity index (χ0v) is 15.3. The molecule has 1 atom stereocenters. The Morgan fingerprint density at radius 3 is 2.58 bits per heavy atom. The summed E-state index contributed by atoms with van der Waals surface area (Å²) in [6, 6.07) is 18.7. The number of anilines is 1. The van der Waals surface area contributed by atoms with Crippen molar-refractivity contribution < 1.29 is 9.47 Å². The molecule has 0 spiro atoms. The zero-order chi connectivity index (χ0) is 17.9. The van der Waals surface area contributed by atoms with Crippen LogP contribution in [0, 0.1) is 0 Å². The summed E-state index contributed by atoms with van der Waals surface area (Å²) in [4.78, 5) is 6.90. The van der Waals surface area contributed by atoms with Gasteiger partial charge in [-0.2, -0.15) is 0 Å². The Kier molecular flexibility index (Phi) is 4.76. The van der Waals surface area contributed by atoms with Crippen LogP contribution in [0.5, 0.6) is 5.75 Å². The van der Waals surface area contributed by atoms with Crippen LogP contribution in [-0.4, -0.2) is 32.0 Å². The molecule has 4 rings (SSSR count). The highest BCUT2D eigenvalue weighted by Crippen LogP contribution is 2.27. The second-order valence-electron chi connectivity index (χ2n) is 6.91. The lowest BCUT2D eigenvalue weighted by atomic mass is 10.1. The third-order valence-corrected chi connectivity index (χ3v) is 4.75. The molecule has 1 aliphatic heterocycles. The SMILES string of the molecule is CN(C)c1ccc(-c2ccc3cc(OC4CCCCO4)ccc3n2)cc1. The highest BCUT2D eigenvalue weighted by Gasteiger charge is 2.15. The molecule has 0 saturated carbocycles. The van der Waals surface area contributed by atoms with Crippen molar-refractivity contribution in [2.75, 3.05) is 25.6 Å². The minimum absolute atomic E-state index is 0.122. The van der Waals surface area contributed by atoms with E-state index < -0.39 is 0 Å². The van der Waals surface area contributed by atoms with Crippen LogP contribution in [0.15, 0.2) is 54.6 Å². The van der Waals surface area contributed by atoms with Gasteiger partial charge in [-0.3, -0.25) is 0 Å². The lowest BCUT2D eigenvalue weighted by Gasteiger charge is -2.23. The van der Waals surface area contributed by atoms with E-state index >= 15 is 0 Å². The number of ether oxygens (including phenoxy) is 2. The van der Waals surface area contributed by atoms with Crippen molar-refractivity contribution in [1.29, 1.82) is 0 Å². The van der Waals surface area contributed by atoms with E-state index in [0.717, 1.165) is 53.8 Å². The largest absolute Gasteiger partial charge is 0.465 e. The Labute approximate surface area is 154 Å². The van der Waals surface area contributed by atoms with Gasteiger partial charge in [0.05, 0.1) is 17.8 Å². The van der Waals surface area contributed by atoms with Gasteiger partial charge >= 0.3 is 0 Å². The maximum Gasteiger partial charge on any atom is 0.199 e. The molecule has 2 aromatic carbocycles. The molecule has 0 radical (unpaired) electrons. The van der Waals surface area contributed by atoms with Crippen LogP contribution in [0.25, 0.3) is 22.2 Å². The van der Waals surface area contributed by atoms with Crippen LogP contribution in [0.1, 0.15) is 19.3 Å². The van der Waals surface area contributed by atoms with Gasteiger partial charge in [-0.25, -0.2) is 4.98 Å². The molecule has 3 aromatic rings. The summed E-state index contributed by atoms with van der Waals surface area (Å²) in [6.07, 6.45) is 3.12. The molecule has 1 fully saturated rings. The number of pyridine rings is 1. The van der Waals surface area contributed by atoms with Crippen molar-refractivity contribution in [3.8, 4) is 17.0 Å². The van der Waals surface area contributed by atoms with Gasteiger partial charge in [-0.05, 0) is 49.2 Å². The Hall–Kier alpha value is -2.59. The molecule has 1 aromatic heterocycles. The molecule has 0 amide bonds. The molecule has 134 valence electrons. The molecular formula is C22H24N2O2. The molecule has 1 aliphatic rings. The monoisotopic (exact) mass is 348 g/mol. The lowest BCUT2D eigenvalue weighted by molar-refractivity contribution is -0.105. The highest BCUT2D eigenvalue weighted by atomic mass is 16.7. The van der Waals surface area contributed by atoms with E-state index in [2.05, 4.69) is 41.3 Å². The van der Waals surface area contributed by atoms with Gasteiger partial charge in [0.2, 0.25) is 0 Å².